The molecule has 2 N–H and O–H groups in total. The molecule has 2 fully saturated rings. The van der Waals surface area contributed by atoms with E-state index >= 15 is 0 Å². The van der Waals surface area contributed by atoms with Gasteiger partial charge in [-0.15, -0.1) is 0 Å². The Labute approximate surface area is 195 Å². The number of nitrogens with one attached hydrogen (secondary N) is 2. The molecule has 2 aromatic rings. The monoisotopic (exact) mass is 451 g/mol. The van der Waals surface area contributed by atoms with Crippen molar-refractivity contribution < 1.29 is 14.3 Å². The van der Waals surface area contributed by atoms with Crippen molar-refractivity contribution >= 4 is 23.3 Å². The average molecular weight is 452 g/mol. The quantitative estimate of drug-likeness (QED) is 0.644. The van der Waals surface area contributed by atoms with Crippen LogP contribution in [0.15, 0.2) is 54.6 Å². The second kappa shape index (κ2) is 11.0. The maximum atomic E-state index is 12.4. The van der Waals surface area contributed by atoms with Gasteiger partial charge in [-0.2, -0.15) is 0 Å². The van der Waals surface area contributed by atoms with Crippen molar-refractivity contribution in [3.05, 3.63) is 54.6 Å². The van der Waals surface area contributed by atoms with Crippen LogP contribution in [0.3, 0.4) is 0 Å². The van der Waals surface area contributed by atoms with Gasteiger partial charge in [-0.3, -0.25) is 9.69 Å². The van der Waals surface area contributed by atoms with Gasteiger partial charge in [-0.25, -0.2) is 4.79 Å². The summed E-state index contributed by atoms with van der Waals surface area (Å²) in [5.41, 5.74) is 2.09. The number of benzene rings is 2. The van der Waals surface area contributed by atoms with Gasteiger partial charge >= 0.3 is 6.03 Å². The number of nitrogens with zero attached hydrogens (tertiary/aromatic N) is 3. The zero-order valence-corrected chi connectivity index (χ0v) is 19.2. The minimum atomic E-state index is -0.218. The fraction of sp³-hybridized carbons (Fsp3) is 0.440. The van der Waals surface area contributed by atoms with Crippen molar-refractivity contribution in [2.24, 2.45) is 0 Å². The molecule has 8 nitrogen and oxygen atoms in total. The fourth-order valence-corrected chi connectivity index (χ4v) is 4.38. The SMILES string of the molecule is CCOc1ccc(N2C[C@@H](NC(=O)NCCN3CCN(c4ccccc4)CC3)CC2=O)cc1. The number of carbonyl (C=O) groups excluding carboxylic acids is 2. The molecular weight excluding hydrogens is 418 g/mol. The molecule has 2 aliphatic heterocycles. The third-order valence-corrected chi connectivity index (χ3v) is 6.13. The molecule has 0 bridgehead atoms. The number of hydrogen-bond donors (Lipinski definition) is 2. The number of amides is 3. The highest BCUT2D eigenvalue weighted by Crippen LogP contribution is 2.24. The van der Waals surface area contributed by atoms with E-state index in [1.807, 2.05) is 37.3 Å². The van der Waals surface area contributed by atoms with E-state index < -0.39 is 0 Å². The number of ether oxygens (including phenoxy) is 1. The van der Waals surface area contributed by atoms with Crippen LogP contribution in [0, 0.1) is 0 Å². The number of para-hydroxylation sites is 1. The van der Waals surface area contributed by atoms with E-state index in [0.29, 0.717) is 26.1 Å². The van der Waals surface area contributed by atoms with E-state index in [-0.39, 0.29) is 18.0 Å². The van der Waals surface area contributed by atoms with Crippen LogP contribution in [0.2, 0.25) is 0 Å². The fourth-order valence-electron chi connectivity index (χ4n) is 4.38. The van der Waals surface area contributed by atoms with Gasteiger partial charge in [0, 0.05) is 63.6 Å². The van der Waals surface area contributed by atoms with E-state index in [0.717, 1.165) is 44.2 Å². The van der Waals surface area contributed by atoms with Gasteiger partial charge in [0.25, 0.3) is 0 Å². The van der Waals surface area contributed by atoms with Crippen molar-refractivity contribution in [1.29, 1.82) is 0 Å². The lowest BCUT2D eigenvalue weighted by Crippen LogP contribution is -2.50. The highest BCUT2D eigenvalue weighted by molar-refractivity contribution is 5.96. The Morgan fingerprint density at radius 2 is 1.73 bits per heavy atom. The molecule has 2 aliphatic rings. The molecule has 2 heterocycles. The van der Waals surface area contributed by atoms with Crippen molar-refractivity contribution in [3.8, 4) is 5.75 Å². The van der Waals surface area contributed by atoms with Gasteiger partial charge in [0.1, 0.15) is 5.75 Å². The zero-order valence-electron chi connectivity index (χ0n) is 19.2. The van der Waals surface area contributed by atoms with Crippen molar-refractivity contribution in [2.75, 3.05) is 62.2 Å². The molecule has 4 rings (SSSR count). The Bertz CT molecular complexity index is 913. The maximum Gasteiger partial charge on any atom is 0.315 e. The summed E-state index contributed by atoms with van der Waals surface area (Å²) in [7, 11) is 0. The van der Waals surface area contributed by atoms with E-state index in [9.17, 15) is 9.59 Å². The summed E-state index contributed by atoms with van der Waals surface area (Å²) < 4.78 is 5.46. The number of piperazine rings is 1. The van der Waals surface area contributed by atoms with E-state index in [2.05, 4.69) is 44.7 Å². The molecule has 33 heavy (non-hydrogen) atoms. The highest BCUT2D eigenvalue weighted by Gasteiger charge is 2.31. The molecule has 1 atom stereocenters. The number of rotatable bonds is 8. The van der Waals surface area contributed by atoms with Crippen LogP contribution in [0.5, 0.6) is 5.75 Å². The number of hydrogen-bond acceptors (Lipinski definition) is 5. The molecule has 0 spiro atoms. The van der Waals surface area contributed by atoms with Gasteiger partial charge < -0.3 is 25.2 Å². The van der Waals surface area contributed by atoms with Crippen molar-refractivity contribution in [2.45, 2.75) is 19.4 Å². The van der Waals surface area contributed by atoms with Crippen molar-refractivity contribution in [1.82, 2.24) is 15.5 Å². The Balaban J connectivity index is 1.15. The van der Waals surface area contributed by atoms with Crippen molar-refractivity contribution in [3.63, 3.8) is 0 Å². The summed E-state index contributed by atoms with van der Waals surface area (Å²) in [5.74, 6) is 0.796. The van der Waals surface area contributed by atoms with E-state index in [4.69, 9.17) is 4.74 Å². The standard InChI is InChI=1S/C25H33N5O3/c1-2-33-23-10-8-22(9-11-23)30-19-20(18-24(30)31)27-25(32)26-12-13-28-14-16-29(17-15-28)21-6-4-3-5-7-21/h3-11,20H,2,12-19H2,1H3,(H2,26,27,32)/t20-/m0/s1. The smallest absolute Gasteiger partial charge is 0.315 e. The lowest BCUT2D eigenvalue weighted by molar-refractivity contribution is -0.117. The molecule has 2 saturated heterocycles. The first kappa shape index (κ1) is 22.9. The van der Waals surface area contributed by atoms with Crippen LogP contribution in [-0.4, -0.2) is 75.3 Å². The Kier molecular flexibility index (Phi) is 7.67. The van der Waals surface area contributed by atoms with Crippen LogP contribution < -0.4 is 25.2 Å². The molecule has 0 aliphatic carbocycles. The van der Waals surface area contributed by atoms with Gasteiger partial charge in [0.2, 0.25) is 5.91 Å². The van der Waals surface area contributed by atoms with Crippen LogP contribution in [0.4, 0.5) is 16.2 Å². The molecule has 3 amide bonds. The van der Waals surface area contributed by atoms with Gasteiger partial charge in [-0.05, 0) is 43.3 Å². The van der Waals surface area contributed by atoms with Gasteiger partial charge in [0.05, 0.1) is 12.6 Å². The summed E-state index contributed by atoms with van der Waals surface area (Å²) in [4.78, 5) is 31.3. The lowest BCUT2D eigenvalue weighted by Gasteiger charge is -2.36. The predicted octanol–water partition coefficient (Wildman–Crippen LogP) is 2.31. The minimum Gasteiger partial charge on any atom is -0.494 e. The van der Waals surface area contributed by atoms with Crippen LogP contribution in [0.25, 0.3) is 0 Å². The molecule has 2 aromatic carbocycles. The zero-order chi connectivity index (χ0) is 23.0. The molecule has 0 radical (unpaired) electrons. The van der Waals surface area contributed by atoms with Gasteiger partial charge in [-0.1, -0.05) is 18.2 Å². The second-order valence-corrected chi connectivity index (χ2v) is 8.40. The lowest BCUT2D eigenvalue weighted by atomic mass is 10.2. The Hall–Kier alpha value is -3.26. The minimum absolute atomic E-state index is 0.0146. The maximum absolute atomic E-state index is 12.4. The second-order valence-electron chi connectivity index (χ2n) is 8.40. The predicted molar refractivity (Wildman–Crippen MR) is 130 cm³/mol. The Morgan fingerprint density at radius 3 is 2.42 bits per heavy atom. The summed E-state index contributed by atoms with van der Waals surface area (Å²) in [6.07, 6.45) is 0.308. The third-order valence-electron chi connectivity index (χ3n) is 6.13. The molecular formula is C25H33N5O3. The first-order chi connectivity index (χ1) is 16.1. The number of urea groups is 1. The van der Waals surface area contributed by atoms with E-state index in [1.54, 1.807) is 4.90 Å². The first-order valence-electron chi connectivity index (χ1n) is 11.7. The highest BCUT2D eigenvalue weighted by atomic mass is 16.5. The first-order valence-corrected chi connectivity index (χ1v) is 11.7. The van der Waals surface area contributed by atoms with Gasteiger partial charge in [0.15, 0.2) is 0 Å². The summed E-state index contributed by atoms with van der Waals surface area (Å²) in [6.45, 7) is 8.35. The largest absolute Gasteiger partial charge is 0.494 e. The molecule has 8 heteroatoms. The normalized spacial score (nSPS) is 18.9. The molecule has 0 saturated carbocycles. The van der Waals surface area contributed by atoms with Crippen LogP contribution in [0.1, 0.15) is 13.3 Å². The summed E-state index contributed by atoms with van der Waals surface area (Å²) in [5, 5.41) is 5.88. The van der Waals surface area contributed by atoms with Crippen LogP contribution >= 0.6 is 0 Å². The molecule has 176 valence electrons. The van der Waals surface area contributed by atoms with Crippen LogP contribution in [-0.2, 0) is 4.79 Å². The summed E-state index contributed by atoms with van der Waals surface area (Å²) in [6, 6.07) is 17.5. The average Bonchev–Trinajstić information content (AvgIpc) is 3.20. The van der Waals surface area contributed by atoms with E-state index in [1.165, 1.54) is 5.69 Å². The third kappa shape index (κ3) is 6.16. The number of carbonyl (C=O) groups is 2. The summed E-state index contributed by atoms with van der Waals surface area (Å²) >= 11 is 0. The number of anilines is 2. The molecule has 0 unspecified atom stereocenters. The topological polar surface area (TPSA) is 77.2 Å². The molecule has 0 aromatic heterocycles. The Morgan fingerprint density at radius 1 is 1.00 bits per heavy atom.